The number of hydrogen-bond donors (Lipinski definition) is 0. The Morgan fingerprint density at radius 1 is 1.07 bits per heavy atom. The molecule has 0 fully saturated rings. The minimum Gasteiger partial charge on any atom is -0.309 e. The van der Waals surface area contributed by atoms with Gasteiger partial charge in [-0.25, -0.2) is 9.37 Å². The van der Waals surface area contributed by atoms with Crippen molar-refractivity contribution in [3.63, 3.8) is 0 Å². The van der Waals surface area contributed by atoms with E-state index < -0.39 is 0 Å². The van der Waals surface area contributed by atoms with Crippen molar-refractivity contribution < 1.29 is 9.18 Å². The van der Waals surface area contributed by atoms with E-state index in [4.69, 9.17) is 4.98 Å². The number of amides is 1. The number of rotatable bonds is 7. The maximum atomic E-state index is 13.2. The summed E-state index contributed by atoms with van der Waals surface area (Å²) >= 11 is 1.55. The third-order valence-electron chi connectivity index (χ3n) is 4.78. The van der Waals surface area contributed by atoms with Gasteiger partial charge in [0, 0.05) is 6.54 Å². The van der Waals surface area contributed by atoms with Crippen LogP contribution in [0.15, 0.2) is 36.4 Å². The number of thiazole rings is 1. The average Bonchev–Trinajstić information content (AvgIpc) is 3.03. The van der Waals surface area contributed by atoms with Gasteiger partial charge in [0.25, 0.3) is 0 Å². The molecule has 148 valence electrons. The molecule has 6 heteroatoms. The molecule has 0 N–H and O–H groups in total. The second-order valence-corrected chi connectivity index (χ2v) is 8.42. The van der Waals surface area contributed by atoms with Crippen LogP contribution in [0.3, 0.4) is 0 Å². The molecule has 0 aliphatic rings. The van der Waals surface area contributed by atoms with Crippen molar-refractivity contribution in [2.75, 3.05) is 32.1 Å². The molecule has 1 heterocycles. The molecule has 0 unspecified atom stereocenters. The predicted molar refractivity (Wildman–Crippen MR) is 115 cm³/mol. The number of hydrogen-bond acceptors (Lipinski definition) is 4. The third kappa shape index (κ3) is 4.94. The summed E-state index contributed by atoms with van der Waals surface area (Å²) in [6, 6.07) is 10.3. The molecule has 0 saturated carbocycles. The molecule has 0 atom stereocenters. The molecule has 1 aromatic heterocycles. The van der Waals surface area contributed by atoms with E-state index in [0.29, 0.717) is 6.54 Å². The molecule has 0 bridgehead atoms. The van der Waals surface area contributed by atoms with Gasteiger partial charge < -0.3 is 4.90 Å². The van der Waals surface area contributed by atoms with Crippen LogP contribution >= 0.6 is 11.3 Å². The molecule has 4 nitrogen and oxygen atoms in total. The number of anilines is 1. The number of carbonyl (C=O) groups is 1. The van der Waals surface area contributed by atoms with Crippen LogP contribution in [0.4, 0.5) is 9.52 Å². The van der Waals surface area contributed by atoms with E-state index in [1.807, 2.05) is 14.1 Å². The van der Waals surface area contributed by atoms with Crippen LogP contribution < -0.4 is 4.90 Å². The Morgan fingerprint density at radius 2 is 1.75 bits per heavy atom. The highest BCUT2D eigenvalue weighted by Crippen LogP contribution is 2.31. The molecular formula is C22H26FN3OS. The van der Waals surface area contributed by atoms with Gasteiger partial charge in [-0.2, -0.15) is 0 Å². The summed E-state index contributed by atoms with van der Waals surface area (Å²) in [4.78, 5) is 21.7. The first-order valence-electron chi connectivity index (χ1n) is 9.41. The van der Waals surface area contributed by atoms with E-state index in [9.17, 15) is 9.18 Å². The molecule has 3 rings (SSSR count). The van der Waals surface area contributed by atoms with Crippen LogP contribution in [0.1, 0.15) is 23.1 Å². The zero-order valence-corrected chi connectivity index (χ0v) is 17.6. The summed E-state index contributed by atoms with van der Waals surface area (Å²) in [5.41, 5.74) is 4.15. The number of benzene rings is 2. The van der Waals surface area contributed by atoms with Crippen molar-refractivity contribution in [1.29, 1.82) is 0 Å². The largest absolute Gasteiger partial charge is 0.309 e. The zero-order valence-electron chi connectivity index (χ0n) is 16.8. The van der Waals surface area contributed by atoms with Crippen LogP contribution in [0, 0.1) is 19.7 Å². The van der Waals surface area contributed by atoms with E-state index >= 15 is 0 Å². The summed E-state index contributed by atoms with van der Waals surface area (Å²) in [5, 5.41) is 0.728. The number of aryl methyl sites for hydroxylation is 2. The summed E-state index contributed by atoms with van der Waals surface area (Å²) < 4.78 is 14.3. The molecule has 28 heavy (non-hydrogen) atoms. The van der Waals surface area contributed by atoms with Gasteiger partial charge in [-0.15, -0.1) is 0 Å². The van der Waals surface area contributed by atoms with Crippen LogP contribution in [-0.2, 0) is 11.2 Å². The molecular weight excluding hydrogens is 373 g/mol. The van der Waals surface area contributed by atoms with E-state index in [-0.39, 0.29) is 18.1 Å². The van der Waals surface area contributed by atoms with Crippen LogP contribution in [0.25, 0.3) is 10.2 Å². The molecule has 0 radical (unpaired) electrons. The van der Waals surface area contributed by atoms with E-state index in [1.165, 1.54) is 23.3 Å². The predicted octanol–water partition coefficient (Wildman–Crippen LogP) is 4.58. The number of aromatic nitrogens is 1. The number of fused-ring (bicyclic) bond motifs is 1. The molecule has 2 aromatic carbocycles. The molecule has 0 aliphatic heterocycles. The van der Waals surface area contributed by atoms with Gasteiger partial charge in [0.15, 0.2) is 5.13 Å². The van der Waals surface area contributed by atoms with E-state index in [1.54, 1.807) is 28.4 Å². The summed E-state index contributed by atoms with van der Waals surface area (Å²) in [6.45, 7) is 5.66. The second kappa shape index (κ2) is 8.80. The lowest BCUT2D eigenvalue weighted by molar-refractivity contribution is -0.118. The molecule has 3 aromatic rings. The summed E-state index contributed by atoms with van der Waals surface area (Å²) in [5.74, 6) is -0.311. The maximum Gasteiger partial charge on any atom is 0.233 e. The minimum absolute atomic E-state index is 0.0159. The Kier molecular flexibility index (Phi) is 6.42. The Bertz CT molecular complexity index is 927. The van der Waals surface area contributed by atoms with Gasteiger partial charge in [-0.05, 0) is 81.9 Å². The Labute approximate surface area is 169 Å². The van der Waals surface area contributed by atoms with Crippen LogP contribution in [0.2, 0.25) is 0 Å². The average molecular weight is 400 g/mol. The molecule has 1 amide bonds. The molecule has 0 saturated heterocycles. The van der Waals surface area contributed by atoms with Gasteiger partial charge >= 0.3 is 0 Å². The smallest absolute Gasteiger partial charge is 0.233 e. The maximum absolute atomic E-state index is 13.2. The van der Waals surface area contributed by atoms with Gasteiger partial charge in [0.1, 0.15) is 5.82 Å². The van der Waals surface area contributed by atoms with Crippen molar-refractivity contribution in [3.8, 4) is 0 Å². The van der Waals surface area contributed by atoms with Crippen molar-refractivity contribution in [3.05, 3.63) is 58.9 Å². The Balaban J connectivity index is 1.87. The summed E-state index contributed by atoms with van der Waals surface area (Å²) in [6.07, 6.45) is 1.09. The van der Waals surface area contributed by atoms with Gasteiger partial charge in [-0.3, -0.25) is 9.69 Å². The van der Waals surface area contributed by atoms with Crippen LogP contribution in [-0.4, -0.2) is 43.0 Å². The normalized spacial score (nSPS) is 11.4. The lowest BCUT2D eigenvalue weighted by Crippen LogP contribution is -2.34. The van der Waals surface area contributed by atoms with Crippen molar-refractivity contribution in [1.82, 2.24) is 9.88 Å². The lowest BCUT2D eigenvalue weighted by atomic mass is 10.1. The quantitative estimate of drug-likeness (QED) is 0.583. The fourth-order valence-electron chi connectivity index (χ4n) is 3.03. The van der Waals surface area contributed by atoms with Crippen molar-refractivity contribution in [2.24, 2.45) is 0 Å². The monoisotopic (exact) mass is 399 g/mol. The van der Waals surface area contributed by atoms with Gasteiger partial charge in [0.05, 0.1) is 16.6 Å². The van der Waals surface area contributed by atoms with Crippen LogP contribution in [0.5, 0.6) is 0 Å². The number of carbonyl (C=O) groups excluding carboxylic acids is 1. The Hall–Kier alpha value is -2.31. The van der Waals surface area contributed by atoms with E-state index in [2.05, 4.69) is 30.9 Å². The van der Waals surface area contributed by atoms with Crippen molar-refractivity contribution >= 4 is 32.6 Å². The highest BCUT2D eigenvalue weighted by Gasteiger charge is 2.20. The van der Waals surface area contributed by atoms with Gasteiger partial charge in [-0.1, -0.05) is 23.5 Å². The molecule has 0 aliphatic carbocycles. The fraction of sp³-hybridized carbons (Fsp3) is 0.364. The topological polar surface area (TPSA) is 36.4 Å². The van der Waals surface area contributed by atoms with E-state index in [0.717, 1.165) is 33.9 Å². The number of halogens is 1. The first kappa shape index (κ1) is 20.4. The lowest BCUT2D eigenvalue weighted by Gasteiger charge is -2.21. The zero-order chi connectivity index (χ0) is 20.3. The first-order valence-corrected chi connectivity index (χ1v) is 10.2. The fourth-order valence-corrected chi connectivity index (χ4v) is 4.12. The molecule has 0 spiro atoms. The highest BCUT2D eigenvalue weighted by molar-refractivity contribution is 7.22. The second-order valence-electron chi connectivity index (χ2n) is 7.41. The summed E-state index contributed by atoms with van der Waals surface area (Å²) in [7, 11) is 4.04. The standard InChI is InChI=1S/C22H26FN3OS/c1-15-12-19-20(13-16(15)2)28-22(24-19)26(11-5-10-25(3)4)21(27)14-17-6-8-18(23)9-7-17/h6-9,12-13H,5,10-11,14H2,1-4H3. The number of nitrogens with zero attached hydrogens (tertiary/aromatic N) is 3. The van der Waals surface area contributed by atoms with Gasteiger partial charge in [0.2, 0.25) is 5.91 Å². The van der Waals surface area contributed by atoms with Crippen molar-refractivity contribution in [2.45, 2.75) is 26.7 Å². The highest BCUT2D eigenvalue weighted by atomic mass is 32.1. The SMILES string of the molecule is Cc1cc2nc(N(CCCN(C)C)C(=O)Cc3ccc(F)cc3)sc2cc1C. The Morgan fingerprint density at radius 3 is 2.43 bits per heavy atom. The third-order valence-corrected chi connectivity index (χ3v) is 5.82. The first-order chi connectivity index (χ1) is 13.3. The minimum atomic E-state index is -0.295.